The van der Waals surface area contributed by atoms with Crippen molar-refractivity contribution in [3.05, 3.63) is 109 Å². The van der Waals surface area contributed by atoms with Gasteiger partial charge in [0.1, 0.15) is 7.05 Å². The Hall–Kier alpha value is -3.89. The highest BCUT2D eigenvalue weighted by Gasteiger charge is 2.09. The smallest absolute Gasteiger partial charge is 0.170 e. The summed E-state index contributed by atoms with van der Waals surface area (Å²) in [5.41, 5.74) is 5.89. The van der Waals surface area contributed by atoms with E-state index in [9.17, 15) is 0 Å². The van der Waals surface area contributed by atoms with Crippen LogP contribution >= 0.6 is 21.6 Å². The van der Waals surface area contributed by atoms with Crippen LogP contribution in [0.2, 0.25) is 0 Å². The average Bonchev–Trinajstić information content (AvgIpc) is 3.32. The second-order valence-electron chi connectivity index (χ2n) is 11.4. The number of unbranched alkanes of at least 4 members (excludes halogenated alkanes) is 2. The molecule has 10 heteroatoms. The van der Waals surface area contributed by atoms with Crippen molar-refractivity contribution < 1.29 is 4.57 Å². The number of hydrogen-bond donors (Lipinski definition) is 0. The lowest BCUT2D eigenvalue weighted by Crippen LogP contribution is -2.27. The van der Waals surface area contributed by atoms with E-state index >= 15 is 0 Å². The number of allylic oxidation sites excluding steroid dienone is 3. The van der Waals surface area contributed by atoms with Crippen LogP contribution in [0.1, 0.15) is 39.5 Å². The van der Waals surface area contributed by atoms with Crippen LogP contribution in [0.15, 0.2) is 130 Å². The lowest BCUT2D eigenvalue weighted by atomic mass is 10.2. The van der Waals surface area contributed by atoms with E-state index in [2.05, 4.69) is 92.6 Å². The molecule has 0 fully saturated rings. The lowest BCUT2D eigenvalue weighted by Gasteiger charge is -2.25. The van der Waals surface area contributed by atoms with Gasteiger partial charge >= 0.3 is 0 Å². The molecular weight excluding hydrogens is 621 g/mol. The molecule has 1 aliphatic heterocycles. The zero-order valence-electron chi connectivity index (χ0n) is 28.3. The monoisotopic (exact) mass is 669 g/mol. The fourth-order valence-electron chi connectivity index (χ4n) is 4.74. The number of azo groups is 2. The summed E-state index contributed by atoms with van der Waals surface area (Å²) in [5.74, 6) is 2.15. The number of aromatic nitrogens is 1. The van der Waals surface area contributed by atoms with Crippen molar-refractivity contribution >= 4 is 50.0 Å². The van der Waals surface area contributed by atoms with Gasteiger partial charge in [0.2, 0.25) is 0 Å². The molecule has 0 saturated carbocycles. The molecule has 3 aromatic rings. The second-order valence-corrected chi connectivity index (χ2v) is 14.1. The third kappa shape index (κ3) is 13.0. The fraction of sp³-hybridized carbons (Fsp3) is 0.378. The quantitative estimate of drug-likeness (QED) is 0.0550. The SMILES string of the molecule is CCCCN(CCSSCCN(CCCC)c1ccc(N=Nc2cc[n+](C)cc2)cc1)c1ccc(N=NC2=CC=CN(C)C=C2)cc1. The number of benzene rings is 2. The van der Waals surface area contributed by atoms with Crippen molar-refractivity contribution in [3.8, 4) is 0 Å². The number of anilines is 2. The maximum Gasteiger partial charge on any atom is 0.170 e. The molecule has 2 heterocycles. The van der Waals surface area contributed by atoms with Crippen LogP contribution in [0.5, 0.6) is 0 Å². The molecule has 0 saturated heterocycles. The molecule has 1 aliphatic rings. The van der Waals surface area contributed by atoms with E-state index in [1.54, 1.807) is 0 Å². The van der Waals surface area contributed by atoms with Crippen molar-refractivity contribution in [2.24, 2.45) is 27.5 Å². The van der Waals surface area contributed by atoms with Gasteiger partial charge in [-0.05, 0) is 79.6 Å². The maximum absolute atomic E-state index is 4.45. The molecule has 0 amide bonds. The highest BCUT2D eigenvalue weighted by molar-refractivity contribution is 8.76. The summed E-state index contributed by atoms with van der Waals surface area (Å²) in [6.07, 6.45) is 18.5. The van der Waals surface area contributed by atoms with Gasteiger partial charge in [0, 0.05) is 80.6 Å². The molecule has 2 aromatic carbocycles. The first kappa shape index (κ1) is 36.0. The van der Waals surface area contributed by atoms with E-state index in [0.717, 1.165) is 60.4 Å². The Morgan fingerprint density at radius 1 is 0.638 bits per heavy atom. The van der Waals surface area contributed by atoms with Gasteiger partial charge in [-0.2, -0.15) is 20.5 Å². The first-order valence-electron chi connectivity index (χ1n) is 16.6. The van der Waals surface area contributed by atoms with Crippen molar-refractivity contribution in [2.75, 3.05) is 54.5 Å². The number of aryl methyl sites for hydroxylation is 1. The van der Waals surface area contributed by atoms with E-state index in [-0.39, 0.29) is 0 Å². The molecule has 0 radical (unpaired) electrons. The summed E-state index contributed by atoms with van der Waals surface area (Å²) in [6.45, 7) is 8.67. The van der Waals surface area contributed by atoms with Crippen LogP contribution in [0.25, 0.3) is 0 Å². The molecule has 4 rings (SSSR count). The third-order valence-electron chi connectivity index (χ3n) is 7.56. The predicted molar refractivity (Wildman–Crippen MR) is 202 cm³/mol. The topological polar surface area (TPSA) is 63.0 Å². The third-order valence-corrected chi connectivity index (χ3v) is 9.92. The van der Waals surface area contributed by atoms with E-state index in [0.29, 0.717) is 0 Å². The molecule has 47 heavy (non-hydrogen) atoms. The molecule has 0 bridgehead atoms. The Bertz CT molecular complexity index is 1480. The summed E-state index contributed by atoms with van der Waals surface area (Å²) < 4.78 is 1.99. The van der Waals surface area contributed by atoms with Crippen LogP contribution in [-0.4, -0.2) is 49.6 Å². The van der Waals surface area contributed by atoms with Crippen LogP contribution in [-0.2, 0) is 7.05 Å². The number of hydrogen-bond acceptors (Lipinski definition) is 9. The first-order valence-corrected chi connectivity index (χ1v) is 19.0. The van der Waals surface area contributed by atoms with Crippen LogP contribution in [0.4, 0.5) is 28.4 Å². The van der Waals surface area contributed by atoms with Crippen molar-refractivity contribution in [1.82, 2.24) is 4.90 Å². The average molecular weight is 670 g/mol. The van der Waals surface area contributed by atoms with Crippen molar-refractivity contribution in [2.45, 2.75) is 39.5 Å². The standard InChI is InChI=1S/C37H49N8S2/c1-5-7-23-44(36-15-11-33(12-16-36)39-38-32-10-9-22-42(3)25-19-32)28-30-46-47-31-29-45(24-8-6-2)37-17-13-34(14-18-37)40-41-35-20-26-43(4)27-21-35/h9-22,25-27H,5-8,23-24,28-31H2,1-4H3/q+1. The van der Waals surface area contributed by atoms with Crippen molar-refractivity contribution in [1.29, 1.82) is 0 Å². The summed E-state index contributed by atoms with van der Waals surface area (Å²) in [7, 11) is 7.93. The summed E-state index contributed by atoms with van der Waals surface area (Å²) >= 11 is 0. The van der Waals surface area contributed by atoms with Crippen LogP contribution in [0.3, 0.4) is 0 Å². The van der Waals surface area contributed by atoms with Gasteiger partial charge in [0.15, 0.2) is 12.4 Å². The van der Waals surface area contributed by atoms with Crippen LogP contribution < -0.4 is 14.4 Å². The Kier molecular flexibility index (Phi) is 15.6. The van der Waals surface area contributed by atoms with Gasteiger partial charge in [-0.3, -0.25) is 0 Å². The van der Waals surface area contributed by atoms with Gasteiger partial charge in [-0.15, -0.1) is 0 Å². The second kappa shape index (κ2) is 20.4. The molecule has 248 valence electrons. The Morgan fingerprint density at radius 3 is 1.64 bits per heavy atom. The summed E-state index contributed by atoms with van der Waals surface area (Å²) in [6, 6.07) is 20.9. The Labute approximate surface area is 289 Å². The van der Waals surface area contributed by atoms with Crippen LogP contribution in [0, 0.1) is 0 Å². The number of nitrogens with zero attached hydrogens (tertiary/aromatic N) is 8. The minimum absolute atomic E-state index is 0.830. The molecule has 8 nitrogen and oxygen atoms in total. The van der Waals surface area contributed by atoms with Crippen molar-refractivity contribution in [3.63, 3.8) is 0 Å². The minimum Gasteiger partial charge on any atom is -0.371 e. The van der Waals surface area contributed by atoms with Gasteiger partial charge in [0.05, 0.1) is 22.8 Å². The van der Waals surface area contributed by atoms with Gasteiger partial charge in [-0.25, -0.2) is 4.57 Å². The van der Waals surface area contributed by atoms with E-state index in [4.69, 9.17) is 0 Å². The van der Waals surface area contributed by atoms with E-state index < -0.39 is 0 Å². The Balaban J connectivity index is 1.23. The normalized spacial score (nSPS) is 13.0. The van der Waals surface area contributed by atoms with Gasteiger partial charge in [0.25, 0.3) is 0 Å². The zero-order chi connectivity index (χ0) is 33.1. The Morgan fingerprint density at radius 2 is 1.13 bits per heavy atom. The largest absolute Gasteiger partial charge is 0.371 e. The zero-order valence-corrected chi connectivity index (χ0v) is 29.9. The molecule has 0 unspecified atom stereocenters. The van der Waals surface area contributed by atoms with Gasteiger partial charge < -0.3 is 14.7 Å². The molecule has 0 spiro atoms. The minimum atomic E-state index is 0.830. The van der Waals surface area contributed by atoms with Gasteiger partial charge in [-0.1, -0.05) is 48.3 Å². The van der Waals surface area contributed by atoms with E-state index in [1.807, 2.05) is 100 Å². The molecule has 0 N–H and O–H groups in total. The molecule has 0 atom stereocenters. The first-order chi connectivity index (χ1) is 23.0. The van der Waals surface area contributed by atoms with E-state index in [1.165, 1.54) is 37.1 Å². The summed E-state index contributed by atoms with van der Waals surface area (Å²) in [5, 5.41) is 17.7. The highest BCUT2D eigenvalue weighted by Crippen LogP contribution is 2.27. The predicted octanol–water partition coefficient (Wildman–Crippen LogP) is 10.2. The number of pyridine rings is 1. The number of rotatable bonds is 19. The molecule has 1 aromatic heterocycles. The maximum atomic E-state index is 4.45. The lowest BCUT2D eigenvalue weighted by molar-refractivity contribution is -0.671. The molecular formula is C37H49N8S2+. The highest BCUT2D eigenvalue weighted by atomic mass is 33.1. The molecule has 0 aliphatic carbocycles. The fourth-order valence-corrected chi connectivity index (χ4v) is 6.72. The summed E-state index contributed by atoms with van der Waals surface area (Å²) in [4.78, 5) is 6.99.